The van der Waals surface area contributed by atoms with Gasteiger partial charge in [-0.05, 0) is 24.6 Å². The van der Waals surface area contributed by atoms with Crippen molar-refractivity contribution in [2.45, 2.75) is 20.0 Å². The van der Waals surface area contributed by atoms with Gasteiger partial charge in [-0.2, -0.15) is 0 Å². The molecule has 6 nitrogen and oxygen atoms in total. The lowest BCUT2D eigenvalue weighted by Crippen LogP contribution is -2.14. The maximum absolute atomic E-state index is 10.9. The van der Waals surface area contributed by atoms with Gasteiger partial charge in [0.25, 0.3) is 5.69 Å². The van der Waals surface area contributed by atoms with E-state index >= 15 is 0 Å². The summed E-state index contributed by atoms with van der Waals surface area (Å²) in [5, 5.41) is 23.2. The molecule has 0 atom stereocenters. The van der Waals surface area contributed by atoms with Crippen LogP contribution in [0.4, 0.5) is 5.69 Å². The topological polar surface area (TPSA) is 88.3 Å². The molecule has 0 amide bonds. The summed E-state index contributed by atoms with van der Waals surface area (Å²) in [6.07, 6.45) is 1.38. The predicted octanol–water partition coefficient (Wildman–Crippen LogP) is 2.29. The van der Waals surface area contributed by atoms with E-state index in [1.807, 2.05) is 6.07 Å². The van der Waals surface area contributed by atoms with Gasteiger partial charge in [-0.3, -0.25) is 15.1 Å². The Bertz CT molecular complexity index is 612. The first-order chi connectivity index (χ1) is 9.58. The van der Waals surface area contributed by atoms with Gasteiger partial charge in [0.2, 0.25) is 0 Å². The molecule has 6 heteroatoms. The van der Waals surface area contributed by atoms with E-state index in [-0.39, 0.29) is 16.4 Å². The van der Waals surface area contributed by atoms with Crippen LogP contribution < -0.4 is 5.32 Å². The van der Waals surface area contributed by atoms with E-state index < -0.39 is 0 Å². The number of benzene rings is 1. The fourth-order valence-corrected chi connectivity index (χ4v) is 1.91. The molecule has 20 heavy (non-hydrogen) atoms. The number of hydrogen-bond acceptors (Lipinski definition) is 5. The van der Waals surface area contributed by atoms with Crippen LogP contribution in [0.2, 0.25) is 0 Å². The lowest BCUT2D eigenvalue weighted by Gasteiger charge is -2.08. The highest BCUT2D eigenvalue weighted by molar-refractivity contribution is 5.44. The maximum Gasteiger partial charge on any atom is 0.272 e. The predicted molar refractivity (Wildman–Crippen MR) is 74.3 cm³/mol. The zero-order valence-electron chi connectivity index (χ0n) is 11.0. The first kappa shape index (κ1) is 14.0. The van der Waals surface area contributed by atoms with Crippen molar-refractivity contribution in [1.29, 1.82) is 0 Å². The Hall–Kier alpha value is -2.47. The van der Waals surface area contributed by atoms with Crippen molar-refractivity contribution >= 4 is 5.69 Å². The van der Waals surface area contributed by atoms with Gasteiger partial charge in [0, 0.05) is 24.7 Å². The largest absolute Gasteiger partial charge is 0.506 e. The fraction of sp³-hybridized carbons (Fsp3) is 0.214. The van der Waals surface area contributed by atoms with Crippen LogP contribution in [0.3, 0.4) is 0 Å². The summed E-state index contributed by atoms with van der Waals surface area (Å²) >= 11 is 0. The molecule has 0 radical (unpaired) electrons. The highest BCUT2D eigenvalue weighted by atomic mass is 16.6. The van der Waals surface area contributed by atoms with Crippen molar-refractivity contribution in [2.24, 2.45) is 0 Å². The maximum atomic E-state index is 10.9. The van der Waals surface area contributed by atoms with E-state index in [0.717, 1.165) is 11.3 Å². The minimum absolute atomic E-state index is 0.128. The van der Waals surface area contributed by atoms with Gasteiger partial charge in [0.15, 0.2) is 0 Å². The van der Waals surface area contributed by atoms with Crippen LogP contribution in [-0.4, -0.2) is 15.0 Å². The molecule has 0 spiro atoms. The number of nitro groups is 1. The lowest BCUT2D eigenvalue weighted by atomic mass is 10.1. The molecule has 0 aliphatic carbocycles. The average Bonchev–Trinajstić information content (AvgIpc) is 2.42. The number of nitrogens with zero attached hydrogens (tertiary/aromatic N) is 2. The lowest BCUT2D eigenvalue weighted by molar-refractivity contribution is -0.385. The molecule has 0 fully saturated rings. The van der Waals surface area contributed by atoms with Gasteiger partial charge in [0.1, 0.15) is 5.75 Å². The van der Waals surface area contributed by atoms with Gasteiger partial charge in [-0.15, -0.1) is 0 Å². The quantitative estimate of drug-likeness (QED) is 0.644. The molecule has 0 saturated carbocycles. The van der Waals surface area contributed by atoms with Crippen LogP contribution in [0.25, 0.3) is 0 Å². The van der Waals surface area contributed by atoms with Crippen molar-refractivity contribution in [1.82, 2.24) is 10.3 Å². The standard InChI is InChI=1S/C14H15N3O3/c1-10-11(3-2-4-14(10)17(19)20)7-15-8-12-5-6-13(18)9-16-12/h2-6,9,15,18H,7-8H2,1H3. The smallest absolute Gasteiger partial charge is 0.272 e. The fourth-order valence-electron chi connectivity index (χ4n) is 1.91. The van der Waals surface area contributed by atoms with Crippen molar-refractivity contribution < 1.29 is 10.0 Å². The Balaban J connectivity index is 1.99. The van der Waals surface area contributed by atoms with E-state index in [2.05, 4.69) is 10.3 Å². The van der Waals surface area contributed by atoms with Crippen molar-refractivity contribution in [3.63, 3.8) is 0 Å². The Morgan fingerprint density at radius 3 is 2.75 bits per heavy atom. The van der Waals surface area contributed by atoms with Gasteiger partial charge in [0.05, 0.1) is 16.8 Å². The van der Waals surface area contributed by atoms with Crippen molar-refractivity contribution in [3.8, 4) is 5.75 Å². The third-order valence-corrected chi connectivity index (χ3v) is 3.04. The minimum Gasteiger partial charge on any atom is -0.506 e. The monoisotopic (exact) mass is 273 g/mol. The number of pyridine rings is 1. The van der Waals surface area contributed by atoms with Gasteiger partial charge >= 0.3 is 0 Å². The SMILES string of the molecule is Cc1c(CNCc2ccc(O)cn2)cccc1[N+](=O)[O-]. The summed E-state index contributed by atoms with van der Waals surface area (Å²) in [4.78, 5) is 14.5. The molecule has 0 aliphatic rings. The van der Waals surface area contributed by atoms with Crippen LogP contribution in [0.1, 0.15) is 16.8 Å². The summed E-state index contributed by atoms with van der Waals surface area (Å²) in [6, 6.07) is 8.34. The molecule has 0 unspecified atom stereocenters. The average molecular weight is 273 g/mol. The first-order valence-electron chi connectivity index (χ1n) is 6.15. The molecule has 1 heterocycles. The molecule has 2 aromatic rings. The second-order valence-corrected chi connectivity index (χ2v) is 4.43. The van der Waals surface area contributed by atoms with Crippen LogP contribution in [0.5, 0.6) is 5.75 Å². The molecule has 0 saturated heterocycles. The zero-order chi connectivity index (χ0) is 14.5. The van der Waals surface area contributed by atoms with Crippen LogP contribution in [-0.2, 0) is 13.1 Å². The third kappa shape index (κ3) is 3.30. The summed E-state index contributed by atoms with van der Waals surface area (Å²) in [5.41, 5.74) is 2.49. The molecule has 0 bridgehead atoms. The molecular weight excluding hydrogens is 258 g/mol. The van der Waals surface area contributed by atoms with Crippen LogP contribution >= 0.6 is 0 Å². The highest BCUT2D eigenvalue weighted by Crippen LogP contribution is 2.20. The van der Waals surface area contributed by atoms with E-state index in [9.17, 15) is 10.1 Å². The molecular formula is C14H15N3O3. The molecule has 1 aromatic carbocycles. The Kier molecular flexibility index (Phi) is 4.27. The molecule has 104 valence electrons. The summed E-state index contributed by atoms with van der Waals surface area (Å²) in [5.74, 6) is 0.128. The minimum atomic E-state index is -0.375. The van der Waals surface area contributed by atoms with Gasteiger partial charge < -0.3 is 10.4 Å². The Morgan fingerprint density at radius 2 is 2.10 bits per heavy atom. The third-order valence-electron chi connectivity index (χ3n) is 3.04. The number of nitro benzene ring substituents is 1. The number of aromatic hydroxyl groups is 1. The van der Waals surface area contributed by atoms with Gasteiger partial charge in [-0.25, -0.2) is 0 Å². The van der Waals surface area contributed by atoms with Crippen LogP contribution in [0, 0.1) is 17.0 Å². The Morgan fingerprint density at radius 1 is 1.30 bits per heavy atom. The van der Waals surface area contributed by atoms with Crippen molar-refractivity contribution in [3.05, 3.63) is 63.5 Å². The van der Waals surface area contributed by atoms with E-state index in [4.69, 9.17) is 5.11 Å². The summed E-state index contributed by atoms with van der Waals surface area (Å²) < 4.78 is 0. The first-order valence-corrected chi connectivity index (χ1v) is 6.15. The normalized spacial score (nSPS) is 10.4. The van der Waals surface area contributed by atoms with E-state index in [1.165, 1.54) is 12.3 Å². The zero-order valence-corrected chi connectivity index (χ0v) is 11.0. The van der Waals surface area contributed by atoms with E-state index in [1.54, 1.807) is 25.1 Å². The Labute approximate surface area is 116 Å². The summed E-state index contributed by atoms with van der Waals surface area (Å²) in [6.45, 7) is 2.80. The number of aromatic nitrogens is 1. The summed E-state index contributed by atoms with van der Waals surface area (Å²) in [7, 11) is 0. The van der Waals surface area contributed by atoms with Crippen LogP contribution in [0.15, 0.2) is 36.5 Å². The second kappa shape index (κ2) is 6.12. The van der Waals surface area contributed by atoms with Crippen molar-refractivity contribution in [2.75, 3.05) is 0 Å². The van der Waals surface area contributed by atoms with E-state index in [0.29, 0.717) is 18.7 Å². The molecule has 2 N–H and O–H groups in total. The number of rotatable bonds is 5. The number of hydrogen-bond donors (Lipinski definition) is 2. The van der Waals surface area contributed by atoms with Gasteiger partial charge in [-0.1, -0.05) is 12.1 Å². The number of nitrogens with one attached hydrogen (secondary N) is 1. The molecule has 2 rings (SSSR count). The highest BCUT2D eigenvalue weighted by Gasteiger charge is 2.12. The molecule has 0 aliphatic heterocycles. The molecule has 1 aromatic heterocycles. The second-order valence-electron chi connectivity index (χ2n) is 4.43.